The predicted molar refractivity (Wildman–Crippen MR) is 70.2 cm³/mol. The van der Waals surface area contributed by atoms with Gasteiger partial charge in [-0.2, -0.15) is 0 Å². The molecule has 4 nitrogen and oxygen atoms in total. The van der Waals surface area contributed by atoms with Crippen molar-refractivity contribution in [3.63, 3.8) is 0 Å². The van der Waals surface area contributed by atoms with Gasteiger partial charge in [-0.1, -0.05) is 0 Å². The summed E-state index contributed by atoms with van der Waals surface area (Å²) >= 11 is 0. The maximum absolute atomic E-state index is 11.9. The summed E-state index contributed by atoms with van der Waals surface area (Å²) in [4.78, 5) is 23.0. The second-order valence-electron chi connectivity index (χ2n) is 6.60. The maximum atomic E-state index is 11.9. The molecule has 0 aliphatic heterocycles. The van der Waals surface area contributed by atoms with E-state index < -0.39 is 0 Å². The number of methoxy groups -OCH3 is 1. The largest absolute Gasteiger partial charge is 0.469 e. The zero-order valence-electron chi connectivity index (χ0n) is 11.6. The Morgan fingerprint density at radius 1 is 1.00 bits per heavy atom. The molecule has 4 bridgehead atoms. The summed E-state index contributed by atoms with van der Waals surface area (Å²) in [5.41, 5.74) is 0. The van der Waals surface area contributed by atoms with Gasteiger partial charge in [-0.15, -0.1) is 0 Å². The van der Waals surface area contributed by atoms with Crippen molar-refractivity contribution < 1.29 is 14.3 Å². The van der Waals surface area contributed by atoms with E-state index in [0.717, 1.165) is 11.8 Å². The molecule has 0 unspecified atom stereocenters. The van der Waals surface area contributed by atoms with E-state index in [0.29, 0.717) is 17.9 Å². The number of ether oxygens (including phenoxy) is 1. The summed E-state index contributed by atoms with van der Waals surface area (Å²) in [6.07, 6.45) is 7.08. The van der Waals surface area contributed by atoms with Crippen LogP contribution in [-0.4, -0.2) is 25.0 Å². The number of nitrogens with one attached hydrogen (secondary N) is 1. The van der Waals surface area contributed by atoms with Crippen LogP contribution in [0.4, 0.5) is 0 Å². The number of carbonyl (C=O) groups excluding carboxylic acids is 2. The molecule has 0 atom stereocenters. The van der Waals surface area contributed by atoms with E-state index in [2.05, 4.69) is 10.1 Å². The van der Waals surface area contributed by atoms with E-state index in [1.165, 1.54) is 39.2 Å². The summed E-state index contributed by atoms with van der Waals surface area (Å²) in [5.74, 6) is 2.94. The van der Waals surface area contributed by atoms with E-state index in [9.17, 15) is 9.59 Å². The zero-order chi connectivity index (χ0) is 13.4. The topological polar surface area (TPSA) is 55.4 Å². The average Bonchev–Trinajstić information content (AvgIpc) is 2.39. The van der Waals surface area contributed by atoms with Crippen molar-refractivity contribution in [1.29, 1.82) is 0 Å². The summed E-state index contributed by atoms with van der Waals surface area (Å²) in [6.45, 7) is 0. The smallest absolute Gasteiger partial charge is 0.306 e. The Morgan fingerprint density at radius 2 is 1.58 bits per heavy atom. The van der Waals surface area contributed by atoms with Crippen LogP contribution in [0.5, 0.6) is 0 Å². The lowest BCUT2D eigenvalue weighted by Crippen LogP contribution is -2.55. The Hall–Kier alpha value is -1.06. The molecule has 4 aliphatic rings. The molecule has 19 heavy (non-hydrogen) atoms. The van der Waals surface area contributed by atoms with Crippen LogP contribution in [0, 0.1) is 23.7 Å². The van der Waals surface area contributed by atoms with Gasteiger partial charge in [0.05, 0.1) is 13.5 Å². The maximum Gasteiger partial charge on any atom is 0.306 e. The standard InChI is InChI=1S/C15H23NO3/c1-19-14(18)3-2-13(17)16-15-11-5-9-4-10(7-11)8-12(15)6-9/h9-12,15H,2-8H2,1H3,(H,16,17). The van der Waals surface area contributed by atoms with Gasteiger partial charge in [-0.25, -0.2) is 0 Å². The van der Waals surface area contributed by atoms with Crippen LogP contribution in [0.25, 0.3) is 0 Å². The highest BCUT2D eigenvalue weighted by Crippen LogP contribution is 2.53. The number of hydrogen-bond donors (Lipinski definition) is 1. The normalized spacial score (nSPS) is 39.1. The van der Waals surface area contributed by atoms with Crippen LogP contribution < -0.4 is 5.32 Å². The van der Waals surface area contributed by atoms with Crippen LogP contribution in [0.15, 0.2) is 0 Å². The quantitative estimate of drug-likeness (QED) is 0.790. The Kier molecular flexibility index (Phi) is 3.50. The van der Waals surface area contributed by atoms with Crippen molar-refractivity contribution in [1.82, 2.24) is 5.32 Å². The minimum absolute atomic E-state index is 0.0165. The summed E-state index contributed by atoms with van der Waals surface area (Å²) < 4.78 is 4.57. The van der Waals surface area contributed by atoms with Crippen molar-refractivity contribution in [2.45, 2.75) is 51.0 Å². The van der Waals surface area contributed by atoms with Gasteiger partial charge in [0.15, 0.2) is 0 Å². The van der Waals surface area contributed by atoms with Gasteiger partial charge in [-0.05, 0) is 55.8 Å². The van der Waals surface area contributed by atoms with Gasteiger partial charge < -0.3 is 10.1 Å². The van der Waals surface area contributed by atoms with Crippen LogP contribution in [0.2, 0.25) is 0 Å². The zero-order valence-corrected chi connectivity index (χ0v) is 11.6. The number of hydrogen-bond acceptors (Lipinski definition) is 3. The molecule has 0 heterocycles. The van der Waals surface area contributed by atoms with Gasteiger partial charge in [0.1, 0.15) is 0 Å². The third-order valence-electron chi connectivity index (χ3n) is 5.34. The Labute approximate surface area is 114 Å². The molecule has 0 aromatic carbocycles. The van der Waals surface area contributed by atoms with Crippen molar-refractivity contribution in [2.75, 3.05) is 7.11 Å². The second-order valence-corrected chi connectivity index (χ2v) is 6.60. The first kappa shape index (κ1) is 12.9. The van der Waals surface area contributed by atoms with E-state index in [4.69, 9.17) is 0 Å². The Balaban J connectivity index is 1.52. The van der Waals surface area contributed by atoms with Crippen molar-refractivity contribution in [2.24, 2.45) is 23.7 Å². The molecule has 1 amide bonds. The highest BCUT2D eigenvalue weighted by Gasteiger charge is 2.48. The predicted octanol–water partition coefficient (Wildman–Crippen LogP) is 1.88. The molecular weight excluding hydrogens is 242 g/mol. The number of esters is 1. The summed E-state index contributed by atoms with van der Waals surface area (Å²) in [6, 6.07) is 0.373. The van der Waals surface area contributed by atoms with E-state index in [1.807, 2.05) is 0 Å². The van der Waals surface area contributed by atoms with Crippen LogP contribution >= 0.6 is 0 Å². The fourth-order valence-electron chi connectivity index (χ4n) is 4.74. The summed E-state index contributed by atoms with van der Waals surface area (Å²) in [5, 5.41) is 3.19. The Morgan fingerprint density at radius 3 is 2.11 bits per heavy atom. The second kappa shape index (κ2) is 5.14. The molecule has 4 heteroatoms. The van der Waals surface area contributed by atoms with E-state index in [-0.39, 0.29) is 24.7 Å². The molecule has 4 rings (SSSR count). The molecule has 106 valence electrons. The first-order valence-electron chi connectivity index (χ1n) is 7.52. The number of carbonyl (C=O) groups is 2. The summed E-state index contributed by atoms with van der Waals surface area (Å²) in [7, 11) is 1.36. The van der Waals surface area contributed by atoms with Crippen LogP contribution in [-0.2, 0) is 14.3 Å². The lowest BCUT2D eigenvalue weighted by Gasteiger charge is -2.54. The lowest BCUT2D eigenvalue weighted by atomic mass is 9.54. The molecule has 4 saturated carbocycles. The minimum atomic E-state index is -0.305. The molecule has 0 aromatic rings. The minimum Gasteiger partial charge on any atom is -0.469 e. The number of rotatable bonds is 4. The number of amides is 1. The van der Waals surface area contributed by atoms with Gasteiger partial charge in [0, 0.05) is 12.5 Å². The van der Waals surface area contributed by atoms with Gasteiger partial charge in [0.2, 0.25) is 5.91 Å². The highest BCUT2D eigenvalue weighted by molar-refractivity contribution is 5.81. The lowest BCUT2D eigenvalue weighted by molar-refractivity contribution is -0.142. The average molecular weight is 265 g/mol. The molecule has 4 aliphatic carbocycles. The van der Waals surface area contributed by atoms with E-state index in [1.54, 1.807) is 0 Å². The SMILES string of the molecule is COC(=O)CCC(=O)NC1C2CC3CC(C2)CC1C3. The third-order valence-corrected chi connectivity index (χ3v) is 5.34. The molecule has 0 saturated heterocycles. The highest BCUT2D eigenvalue weighted by atomic mass is 16.5. The van der Waals surface area contributed by atoms with Crippen molar-refractivity contribution in [3.8, 4) is 0 Å². The third kappa shape index (κ3) is 2.63. The Bertz CT molecular complexity index is 352. The van der Waals surface area contributed by atoms with Gasteiger partial charge in [-0.3, -0.25) is 9.59 Å². The fraction of sp³-hybridized carbons (Fsp3) is 0.867. The molecule has 0 aromatic heterocycles. The molecule has 0 radical (unpaired) electrons. The first-order chi connectivity index (χ1) is 9.15. The molecule has 0 spiro atoms. The first-order valence-corrected chi connectivity index (χ1v) is 7.52. The van der Waals surface area contributed by atoms with Crippen LogP contribution in [0.1, 0.15) is 44.9 Å². The van der Waals surface area contributed by atoms with Gasteiger partial charge in [0.25, 0.3) is 0 Å². The molecule has 4 fully saturated rings. The monoisotopic (exact) mass is 265 g/mol. The van der Waals surface area contributed by atoms with E-state index >= 15 is 0 Å². The van der Waals surface area contributed by atoms with Gasteiger partial charge >= 0.3 is 5.97 Å². The van der Waals surface area contributed by atoms with Crippen molar-refractivity contribution in [3.05, 3.63) is 0 Å². The molecule has 1 N–H and O–H groups in total. The molecular formula is C15H23NO3. The van der Waals surface area contributed by atoms with Crippen LogP contribution in [0.3, 0.4) is 0 Å². The van der Waals surface area contributed by atoms with Crippen molar-refractivity contribution >= 4 is 11.9 Å². The fourth-order valence-corrected chi connectivity index (χ4v) is 4.74.